The summed E-state index contributed by atoms with van der Waals surface area (Å²) in [7, 11) is 0. The van der Waals surface area contributed by atoms with E-state index in [9.17, 15) is 31.1 Å². The summed E-state index contributed by atoms with van der Waals surface area (Å²) < 4.78 is 78.6. The number of hydrogen-bond acceptors (Lipinski definition) is 6. The number of nitrogens with one attached hydrogen (secondary N) is 2. The first-order valence-electron chi connectivity index (χ1n) is 8.36. The Morgan fingerprint density at radius 1 is 1.03 bits per heavy atom. The number of urea groups is 1. The highest BCUT2D eigenvalue weighted by Crippen LogP contribution is 2.35. The van der Waals surface area contributed by atoms with Gasteiger partial charge in [-0.2, -0.15) is 36.1 Å². The summed E-state index contributed by atoms with van der Waals surface area (Å²) in [6.45, 7) is 1.46. The second-order valence-corrected chi connectivity index (χ2v) is 6.02. The third kappa shape index (κ3) is 5.23. The van der Waals surface area contributed by atoms with Crippen LogP contribution >= 0.6 is 0 Å². The van der Waals surface area contributed by atoms with Crippen LogP contribution in [-0.4, -0.2) is 35.7 Å². The molecule has 2 amide bonds. The van der Waals surface area contributed by atoms with Crippen molar-refractivity contribution in [1.82, 2.24) is 35.0 Å². The van der Waals surface area contributed by atoms with Crippen molar-refractivity contribution < 1.29 is 31.1 Å². The minimum absolute atomic E-state index is 0.137. The lowest BCUT2D eigenvalue weighted by atomic mass is 10.2. The third-order valence-corrected chi connectivity index (χ3v) is 3.74. The van der Waals surface area contributed by atoms with Crippen LogP contribution in [0.1, 0.15) is 30.0 Å². The number of alkyl halides is 6. The van der Waals surface area contributed by atoms with E-state index in [4.69, 9.17) is 0 Å². The van der Waals surface area contributed by atoms with Gasteiger partial charge < -0.3 is 5.32 Å². The van der Waals surface area contributed by atoms with Gasteiger partial charge in [0.05, 0.1) is 11.6 Å². The quantitative estimate of drug-likeness (QED) is 0.595. The molecule has 0 saturated carbocycles. The van der Waals surface area contributed by atoms with Crippen molar-refractivity contribution in [2.45, 2.75) is 25.3 Å². The Labute approximate surface area is 169 Å². The molecule has 2 N–H and O–H groups in total. The molecule has 0 aliphatic carbocycles. The molecular weight excluding hydrogens is 434 g/mol. The van der Waals surface area contributed by atoms with E-state index in [0.29, 0.717) is 6.07 Å². The van der Waals surface area contributed by atoms with Crippen molar-refractivity contribution >= 4 is 11.8 Å². The molecule has 3 heterocycles. The number of anilines is 1. The lowest BCUT2D eigenvalue weighted by Gasteiger charge is -2.16. The predicted octanol–water partition coefficient (Wildman–Crippen LogP) is 3.37. The number of nitrogens with zero attached hydrogens (tertiary/aromatic N) is 6. The molecule has 0 unspecified atom stereocenters. The Morgan fingerprint density at radius 2 is 1.71 bits per heavy atom. The van der Waals surface area contributed by atoms with Crippen LogP contribution < -0.4 is 10.6 Å². The van der Waals surface area contributed by atoms with Crippen molar-refractivity contribution in [2.24, 2.45) is 0 Å². The van der Waals surface area contributed by atoms with Crippen molar-refractivity contribution in [1.29, 1.82) is 0 Å². The predicted molar refractivity (Wildman–Crippen MR) is 91.8 cm³/mol. The van der Waals surface area contributed by atoms with Gasteiger partial charge in [-0.15, -0.1) is 0 Å². The second kappa shape index (κ2) is 8.16. The number of aromatic nitrogens is 6. The standard InChI is InChI=1S/C16H12F6N8O/c1-8(12-25-7-26-30(12)13-23-3-2-4-24-13)27-14(31)29-11-6-9(15(17,18)19)5-10(28-11)16(20,21)22/h2-8H,1H3,(H2,27,28,29,31)/t8-/m0/s1. The largest absolute Gasteiger partial charge is 0.433 e. The molecule has 0 radical (unpaired) electrons. The highest BCUT2D eigenvalue weighted by Gasteiger charge is 2.38. The van der Waals surface area contributed by atoms with Gasteiger partial charge in [-0.05, 0) is 25.1 Å². The van der Waals surface area contributed by atoms with Crippen LogP contribution in [0.4, 0.5) is 37.0 Å². The number of pyridine rings is 1. The highest BCUT2D eigenvalue weighted by molar-refractivity contribution is 5.88. The molecule has 0 bridgehead atoms. The summed E-state index contributed by atoms with van der Waals surface area (Å²) in [6, 6.07) is -0.282. The number of hydrogen-bond donors (Lipinski definition) is 2. The summed E-state index contributed by atoms with van der Waals surface area (Å²) in [5.74, 6) is -0.632. The Hall–Kier alpha value is -3.78. The van der Waals surface area contributed by atoms with E-state index in [1.165, 1.54) is 24.0 Å². The Kier molecular flexibility index (Phi) is 5.77. The van der Waals surface area contributed by atoms with Crippen LogP contribution in [-0.2, 0) is 12.4 Å². The fourth-order valence-corrected chi connectivity index (χ4v) is 2.42. The van der Waals surface area contributed by atoms with Crippen LogP contribution in [0.2, 0.25) is 0 Å². The maximum absolute atomic E-state index is 12.9. The van der Waals surface area contributed by atoms with Crippen molar-refractivity contribution in [3.63, 3.8) is 0 Å². The number of carbonyl (C=O) groups excluding carboxylic acids is 1. The molecule has 0 fully saturated rings. The molecule has 3 aromatic heterocycles. The van der Waals surface area contributed by atoms with Crippen molar-refractivity contribution in [3.05, 3.63) is 54.0 Å². The Morgan fingerprint density at radius 3 is 2.32 bits per heavy atom. The van der Waals surface area contributed by atoms with E-state index in [1.807, 2.05) is 5.32 Å². The molecule has 164 valence electrons. The van der Waals surface area contributed by atoms with E-state index in [-0.39, 0.29) is 17.8 Å². The van der Waals surface area contributed by atoms with Gasteiger partial charge in [-0.1, -0.05) is 0 Å². The van der Waals surface area contributed by atoms with Crippen LogP contribution in [0.15, 0.2) is 36.9 Å². The van der Waals surface area contributed by atoms with Crippen molar-refractivity contribution in [3.8, 4) is 5.95 Å². The first kappa shape index (κ1) is 21.9. The molecule has 15 heteroatoms. The summed E-state index contributed by atoms with van der Waals surface area (Å²) in [6.07, 6.45) is -6.18. The second-order valence-electron chi connectivity index (χ2n) is 6.02. The molecule has 0 aliphatic heterocycles. The molecule has 9 nitrogen and oxygen atoms in total. The lowest BCUT2D eigenvalue weighted by Crippen LogP contribution is -2.33. The topological polar surface area (TPSA) is 111 Å². The third-order valence-electron chi connectivity index (χ3n) is 3.74. The maximum atomic E-state index is 12.9. The van der Waals surface area contributed by atoms with Crippen LogP contribution in [0.3, 0.4) is 0 Å². The van der Waals surface area contributed by atoms with Crippen LogP contribution in [0, 0.1) is 0 Å². The average molecular weight is 446 g/mol. The highest BCUT2D eigenvalue weighted by atomic mass is 19.4. The van der Waals surface area contributed by atoms with Crippen LogP contribution in [0.5, 0.6) is 0 Å². The van der Waals surface area contributed by atoms with Gasteiger partial charge in [-0.25, -0.2) is 24.7 Å². The zero-order valence-corrected chi connectivity index (χ0v) is 15.4. The minimum atomic E-state index is -5.15. The molecule has 1 atom stereocenters. The smallest absolute Gasteiger partial charge is 0.328 e. The summed E-state index contributed by atoms with van der Waals surface area (Å²) in [5.41, 5.74) is -3.41. The lowest BCUT2D eigenvalue weighted by molar-refractivity contribution is -0.145. The zero-order chi connectivity index (χ0) is 22.8. The normalized spacial score (nSPS) is 13.0. The maximum Gasteiger partial charge on any atom is 0.433 e. The van der Waals surface area contributed by atoms with Crippen LogP contribution in [0.25, 0.3) is 5.95 Å². The van der Waals surface area contributed by atoms with Crippen molar-refractivity contribution in [2.75, 3.05) is 5.32 Å². The molecule has 0 aromatic carbocycles. The van der Waals surface area contributed by atoms with Gasteiger partial charge in [0, 0.05) is 12.4 Å². The van der Waals surface area contributed by atoms with Gasteiger partial charge in [0.15, 0.2) is 5.82 Å². The molecule has 3 aromatic rings. The van der Waals surface area contributed by atoms with E-state index in [0.717, 1.165) is 6.33 Å². The van der Waals surface area contributed by atoms with Gasteiger partial charge in [0.25, 0.3) is 5.95 Å². The minimum Gasteiger partial charge on any atom is -0.328 e. The fraction of sp³-hybridized carbons (Fsp3) is 0.250. The zero-order valence-electron chi connectivity index (χ0n) is 15.4. The van der Waals surface area contributed by atoms with E-state index in [1.54, 1.807) is 6.07 Å². The summed E-state index contributed by atoms with van der Waals surface area (Å²) >= 11 is 0. The monoisotopic (exact) mass is 446 g/mol. The van der Waals surface area contributed by atoms with Gasteiger partial charge in [0.2, 0.25) is 0 Å². The molecule has 31 heavy (non-hydrogen) atoms. The summed E-state index contributed by atoms with van der Waals surface area (Å²) in [5, 5.41) is 8.12. The Balaban J connectivity index is 1.79. The van der Waals surface area contributed by atoms with E-state index < -0.39 is 41.5 Å². The van der Waals surface area contributed by atoms with E-state index >= 15 is 0 Å². The number of rotatable bonds is 4. The molecule has 0 saturated heterocycles. The number of halogens is 6. The Bertz CT molecular complexity index is 1030. The fourth-order valence-electron chi connectivity index (χ4n) is 2.42. The average Bonchev–Trinajstić information content (AvgIpc) is 3.17. The van der Waals surface area contributed by atoms with E-state index in [2.05, 4.69) is 30.4 Å². The number of amides is 2. The van der Waals surface area contributed by atoms with Gasteiger partial charge in [0.1, 0.15) is 17.8 Å². The SMILES string of the molecule is C[C@H](NC(=O)Nc1cc(C(F)(F)F)cc(C(F)(F)F)n1)c1ncnn1-c1ncccn1. The first-order chi connectivity index (χ1) is 14.4. The van der Waals surface area contributed by atoms with Gasteiger partial charge in [-0.3, -0.25) is 5.32 Å². The molecule has 0 spiro atoms. The summed E-state index contributed by atoms with van der Waals surface area (Å²) in [4.78, 5) is 27.1. The number of carbonyl (C=O) groups is 1. The first-order valence-corrected chi connectivity index (χ1v) is 8.36. The molecule has 3 rings (SSSR count). The molecular formula is C16H12F6N8O. The van der Waals surface area contributed by atoms with Gasteiger partial charge >= 0.3 is 18.4 Å². The molecule has 0 aliphatic rings.